The standard InChI is InChI=1S/C15H19NO2/c1-3-17-10-13-9-12-7-5-6-8-14(12)15(16-13)11-18-4-2/h5-9H,3-4,10-11H2,1-2H3. The van der Waals surface area contributed by atoms with Crippen LogP contribution >= 0.6 is 0 Å². The summed E-state index contributed by atoms with van der Waals surface area (Å²) in [5.41, 5.74) is 1.95. The highest BCUT2D eigenvalue weighted by Crippen LogP contribution is 2.19. The number of rotatable bonds is 6. The average Bonchev–Trinajstić information content (AvgIpc) is 2.42. The average molecular weight is 245 g/mol. The number of fused-ring (bicyclic) bond motifs is 1. The molecule has 2 aromatic rings. The molecule has 1 aromatic heterocycles. The van der Waals surface area contributed by atoms with Crippen molar-refractivity contribution in [3.05, 3.63) is 41.7 Å². The number of ether oxygens (including phenoxy) is 2. The fraction of sp³-hybridized carbons (Fsp3) is 0.400. The quantitative estimate of drug-likeness (QED) is 0.782. The third-order valence-corrected chi connectivity index (χ3v) is 2.77. The van der Waals surface area contributed by atoms with E-state index in [1.807, 2.05) is 26.0 Å². The normalized spacial score (nSPS) is 11.0. The molecule has 0 aliphatic carbocycles. The Morgan fingerprint density at radius 1 is 1.00 bits per heavy atom. The molecular formula is C15H19NO2. The molecule has 0 amide bonds. The van der Waals surface area contributed by atoms with Crippen LogP contribution in [0.15, 0.2) is 30.3 Å². The predicted octanol–water partition coefficient (Wildman–Crippen LogP) is 3.31. The second-order valence-electron chi connectivity index (χ2n) is 4.06. The highest BCUT2D eigenvalue weighted by Gasteiger charge is 2.06. The summed E-state index contributed by atoms with van der Waals surface area (Å²) in [6.07, 6.45) is 0. The summed E-state index contributed by atoms with van der Waals surface area (Å²) < 4.78 is 10.9. The van der Waals surface area contributed by atoms with Crippen LogP contribution in [-0.4, -0.2) is 18.2 Å². The Bertz CT molecular complexity index is 511. The van der Waals surface area contributed by atoms with E-state index >= 15 is 0 Å². The van der Waals surface area contributed by atoms with Gasteiger partial charge in [-0.05, 0) is 25.3 Å². The Morgan fingerprint density at radius 3 is 2.50 bits per heavy atom. The van der Waals surface area contributed by atoms with Crippen molar-refractivity contribution in [2.45, 2.75) is 27.1 Å². The molecule has 2 rings (SSSR count). The number of aromatic nitrogens is 1. The Kier molecular flexibility index (Phi) is 4.67. The molecule has 3 heteroatoms. The SMILES string of the molecule is CCOCc1cc2ccccc2c(COCC)n1. The lowest BCUT2D eigenvalue weighted by Gasteiger charge is -2.09. The van der Waals surface area contributed by atoms with Crippen LogP contribution in [0.5, 0.6) is 0 Å². The summed E-state index contributed by atoms with van der Waals surface area (Å²) in [6, 6.07) is 10.3. The van der Waals surface area contributed by atoms with E-state index < -0.39 is 0 Å². The van der Waals surface area contributed by atoms with Gasteiger partial charge < -0.3 is 9.47 Å². The Morgan fingerprint density at radius 2 is 1.72 bits per heavy atom. The molecule has 18 heavy (non-hydrogen) atoms. The number of nitrogens with zero attached hydrogens (tertiary/aromatic N) is 1. The van der Waals surface area contributed by atoms with Crippen LogP contribution in [-0.2, 0) is 22.7 Å². The molecule has 0 bridgehead atoms. The van der Waals surface area contributed by atoms with Crippen LogP contribution in [0.4, 0.5) is 0 Å². The van der Waals surface area contributed by atoms with Crippen molar-refractivity contribution in [3.8, 4) is 0 Å². The zero-order valence-electron chi connectivity index (χ0n) is 11.0. The first kappa shape index (κ1) is 13.0. The van der Waals surface area contributed by atoms with Crippen LogP contribution in [0.25, 0.3) is 10.8 Å². The van der Waals surface area contributed by atoms with Crippen molar-refractivity contribution < 1.29 is 9.47 Å². The smallest absolute Gasteiger partial charge is 0.0894 e. The van der Waals surface area contributed by atoms with Crippen molar-refractivity contribution in [1.82, 2.24) is 4.98 Å². The predicted molar refractivity (Wildman–Crippen MR) is 72.4 cm³/mol. The van der Waals surface area contributed by atoms with Crippen LogP contribution in [0, 0.1) is 0 Å². The van der Waals surface area contributed by atoms with Crippen molar-refractivity contribution in [1.29, 1.82) is 0 Å². The lowest BCUT2D eigenvalue weighted by Crippen LogP contribution is -2.02. The summed E-state index contributed by atoms with van der Waals surface area (Å²) in [7, 11) is 0. The van der Waals surface area contributed by atoms with Gasteiger partial charge in [0.2, 0.25) is 0 Å². The molecule has 3 nitrogen and oxygen atoms in total. The number of benzene rings is 1. The minimum absolute atomic E-state index is 0.553. The largest absolute Gasteiger partial charge is 0.375 e. The fourth-order valence-electron chi connectivity index (χ4n) is 1.92. The van der Waals surface area contributed by atoms with Gasteiger partial charge >= 0.3 is 0 Å². The van der Waals surface area contributed by atoms with Crippen molar-refractivity contribution in [3.63, 3.8) is 0 Å². The number of hydrogen-bond donors (Lipinski definition) is 0. The summed E-state index contributed by atoms with van der Waals surface area (Å²) in [4.78, 5) is 4.63. The summed E-state index contributed by atoms with van der Waals surface area (Å²) in [5.74, 6) is 0. The van der Waals surface area contributed by atoms with Gasteiger partial charge in [-0.2, -0.15) is 0 Å². The van der Waals surface area contributed by atoms with E-state index in [0.717, 1.165) is 16.8 Å². The molecule has 0 radical (unpaired) electrons. The van der Waals surface area contributed by atoms with Gasteiger partial charge in [-0.3, -0.25) is 4.98 Å². The monoisotopic (exact) mass is 245 g/mol. The molecule has 96 valence electrons. The molecule has 0 unspecified atom stereocenters. The van der Waals surface area contributed by atoms with Crippen molar-refractivity contribution in [2.24, 2.45) is 0 Å². The molecule has 0 saturated heterocycles. The first-order valence-electron chi connectivity index (χ1n) is 6.38. The van der Waals surface area contributed by atoms with Gasteiger partial charge in [0, 0.05) is 18.6 Å². The van der Waals surface area contributed by atoms with E-state index in [2.05, 4.69) is 23.2 Å². The maximum Gasteiger partial charge on any atom is 0.0894 e. The van der Waals surface area contributed by atoms with E-state index in [9.17, 15) is 0 Å². The summed E-state index contributed by atoms with van der Waals surface area (Å²) >= 11 is 0. The zero-order valence-corrected chi connectivity index (χ0v) is 11.0. The van der Waals surface area contributed by atoms with Crippen LogP contribution < -0.4 is 0 Å². The van der Waals surface area contributed by atoms with Gasteiger partial charge in [0.15, 0.2) is 0 Å². The van der Waals surface area contributed by atoms with E-state index in [0.29, 0.717) is 26.4 Å². The first-order valence-corrected chi connectivity index (χ1v) is 6.38. The van der Waals surface area contributed by atoms with Crippen LogP contribution in [0.2, 0.25) is 0 Å². The van der Waals surface area contributed by atoms with Crippen molar-refractivity contribution >= 4 is 10.8 Å². The van der Waals surface area contributed by atoms with Gasteiger partial charge in [0.05, 0.1) is 24.6 Å². The third-order valence-electron chi connectivity index (χ3n) is 2.77. The van der Waals surface area contributed by atoms with E-state index in [4.69, 9.17) is 9.47 Å². The number of pyridine rings is 1. The molecule has 0 spiro atoms. The molecular weight excluding hydrogens is 226 g/mol. The topological polar surface area (TPSA) is 31.4 Å². The lowest BCUT2D eigenvalue weighted by atomic mass is 10.1. The lowest BCUT2D eigenvalue weighted by molar-refractivity contribution is 0.125. The first-order chi connectivity index (χ1) is 8.85. The Balaban J connectivity index is 2.36. The van der Waals surface area contributed by atoms with E-state index in [-0.39, 0.29) is 0 Å². The molecule has 0 saturated carbocycles. The van der Waals surface area contributed by atoms with E-state index in [1.54, 1.807) is 0 Å². The molecule has 0 atom stereocenters. The maximum absolute atomic E-state index is 5.48. The highest BCUT2D eigenvalue weighted by atomic mass is 16.5. The minimum atomic E-state index is 0.553. The zero-order chi connectivity index (χ0) is 12.8. The maximum atomic E-state index is 5.48. The molecule has 1 heterocycles. The Hall–Kier alpha value is -1.45. The third kappa shape index (κ3) is 3.06. The fourth-order valence-corrected chi connectivity index (χ4v) is 1.92. The van der Waals surface area contributed by atoms with Crippen molar-refractivity contribution in [2.75, 3.05) is 13.2 Å². The number of hydrogen-bond acceptors (Lipinski definition) is 3. The minimum Gasteiger partial charge on any atom is -0.375 e. The highest BCUT2D eigenvalue weighted by molar-refractivity contribution is 5.84. The van der Waals surface area contributed by atoms with E-state index in [1.165, 1.54) is 5.39 Å². The molecule has 0 fully saturated rings. The summed E-state index contributed by atoms with van der Waals surface area (Å²) in [6.45, 7) is 6.49. The van der Waals surface area contributed by atoms with Gasteiger partial charge in [-0.25, -0.2) is 0 Å². The van der Waals surface area contributed by atoms with Gasteiger partial charge in [-0.1, -0.05) is 24.3 Å². The van der Waals surface area contributed by atoms with Crippen LogP contribution in [0.1, 0.15) is 25.2 Å². The second-order valence-corrected chi connectivity index (χ2v) is 4.06. The van der Waals surface area contributed by atoms with Crippen LogP contribution in [0.3, 0.4) is 0 Å². The van der Waals surface area contributed by atoms with Gasteiger partial charge in [0.25, 0.3) is 0 Å². The molecule has 0 aliphatic heterocycles. The molecule has 1 aromatic carbocycles. The van der Waals surface area contributed by atoms with Gasteiger partial charge in [-0.15, -0.1) is 0 Å². The Labute approximate surface area is 108 Å². The summed E-state index contributed by atoms with van der Waals surface area (Å²) in [5, 5.41) is 2.35. The molecule has 0 N–H and O–H groups in total. The second kappa shape index (κ2) is 6.47. The molecule has 0 aliphatic rings. The van der Waals surface area contributed by atoms with Gasteiger partial charge in [0.1, 0.15) is 0 Å².